The van der Waals surface area contributed by atoms with E-state index in [4.69, 9.17) is 0 Å². The summed E-state index contributed by atoms with van der Waals surface area (Å²) in [5.41, 5.74) is 3.07. The number of rotatable bonds is 3. The van der Waals surface area contributed by atoms with Crippen LogP contribution in [-0.2, 0) is 0 Å². The van der Waals surface area contributed by atoms with Gasteiger partial charge in [-0.1, -0.05) is 13.8 Å². The van der Waals surface area contributed by atoms with Gasteiger partial charge in [0.1, 0.15) is 0 Å². The van der Waals surface area contributed by atoms with Gasteiger partial charge in [-0.3, -0.25) is 19.4 Å². The predicted molar refractivity (Wildman–Crippen MR) is 81.5 cm³/mol. The summed E-state index contributed by atoms with van der Waals surface area (Å²) in [6.45, 7) is 4.18. The van der Waals surface area contributed by atoms with Crippen LogP contribution < -0.4 is 5.56 Å². The maximum atomic E-state index is 12.6. The molecule has 0 radical (unpaired) electrons. The molecular weight excluding hydrogens is 264 g/mol. The average Bonchev–Trinajstić information content (AvgIpc) is 3.02. The molecule has 21 heavy (non-hydrogen) atoms. The fourth-order valence-corrected chi connectivity index (χ4v) is 2.20. The Labute approximate surface area is 122 Å². The minimum atomic E-state index is -0.0852. The molecule has 3 aromatic rings. The summed E-state index contributed by atoms with van der Waals surface area (Å²) >= 11 is 0. The van der Waals surface area contributed by atoms with Crippen molar-refractivity contribution in [3.8, 4) is 16.8 Å². The molecule has 0 fully saturated rings. The number of aromatic amines is 1. The minimum Gasteiger partial charge on any atom is -0.285 e. The van der Waals surface area contributed by atoms with Crippen molar-refractivity contribution in [3.63, 3.8) is 0 Å². The van der Waals surface area contributed by atoms with Gasteiger partial charge in [0.25, 0.3) is 5.56 Å². The Hall–Kier alpha value is -2.69. The molecule has 0 saturated heterocycles. The highest BCUT2D eigenvalue weighted by molar-refractivity contribution is 5.60. The fourth-order valence-electron chi connectivity index (χ4n) is 2.20. The lowest BCUT2D eigenvalue weighted by Gasteiger charge is -2.09. The Bertz CT molecular complexity index is 786. The highest BCUT2D eigenvalue weighted by atomic mass is 16.1. The maximum absolute atomic E-state index is 12.6. The molecule has 0 aliphatic rings. The molecule has 1 N–H and O–H groups in total. The van der Waals surface area contributed by atoms with Crippen molar-refractivity contribution in [2.45, 2.75) is 19.8 Å². The molecule has 0 spiro atoms. The van der Waals surface area contributed by atoms with E-state index in [2.05, 4.69) is 29.0 Å². The van der Waals surface area contributed by atoms with Gasteiger partial charge in [-0.25, -0.2) is 0 Å². The molecule has 0 bridgehead atoms. The van der Waals surface area contributed by atoms with Crippen LogP contribution in [0.5, 0.6) is 0 Å². The van der Waals surface area contributed by atoms with Gasteiger partial charge in [-0.2, -0.15) is 5.10 Å². The van der Waals surface area contributed by atoms with E-state index in [1.165, 1.54) is 0 Å². The standard InChI is InChI=1S/C16H16N4O/c1-11(2)15-6-5-13(10-17-15)20-7-3-4-14(16(20)21)12-8-18-19-9-12/h3-11H,1-2H3,(H,18,19). The second-order valence-electron chi connectivity index (χ2n) is 5.18. The van der Waals surface area contributed by atoms with Gasteiger partial charge in [0.2, 0.25) is 0 Å². The monoisotopic (exact) mass is 280 g/mol. The van der Waals surface area contributed by atoms with E-state index in [0.717, 1.165) is 16.9 Å². The number of hydrogen-bond donors (Lipinski definition) is 1. The van der Waals surface area contributed by atoms with Crippen molar-refractivity contribution in [2.24, 2.45) is 0 Å². The zero-order valence-corrected chi connectivity index (χ0v) is 11.9. The molecule has 106 valence electrons. The first-order valence-corrected chi connectivity index (χ1v) is 6.84. The van der Waals surface area contributed by atoms with Crippen LogP contribution in [0.2, 0.25) is 0 Å². The zero-order valence-electron chi connectivity index (χ0n) is 11.9. The zero-order chi connectivity index (χ0) is 14.8. The van der Waals surface area contributed by atoms with Crippen LogP contribution in [0.1, 0.15) is 25.5 Å². The molecule has 0 saturated carbocycles. The third-order valence-corrected chi connectivity index (χ3v) is 3.40. The average molecular weight is 280 g/mol. The minimum absolute atomic E-state index is 0.0852. The Kier molecular flexibility index (Phi) is 3.39. The Morgan fingerprint density at radius 1 is 1.19 bits per heavy atom. The van der Waals surface area contributed by atoms with Crippen molar-refractivity contribution >= 4 is 0 Å². The highest BCUT2D eigenvalue weighted by Gasteiger charge is 2.09. The molecule has 0 amide bonds. The second kappa shape index (κ2) is 5.36. The number of nitrogens with one attached hydrogen (secondary N) is 1. The largest absolute Gasteiger partial charge is 0.285 e. The molecular formula is C16H16N4O. The summed E-state index contributed by atoms with van der Waals surface area (Å²) in [7, 11) is 0. The van der Waals surface area contributed by atoms with Gasteiger partial charge in [-0.05, 0) is 30.2 Å². The summed E-state index contributed by atoms with van der Waals surface area (Å²) in [5, 5.41) is 6.61. The molecule has 0 aliphatic carbocycles. The van der Waals surface area contributed by atoms with Gasteiger partial charge < -0.3 is 0 Å². The predicted octanol–water partition coefficient (Wildman–Crippen LogP) is 2.75. The van der Waals surface area contributed by atoms with Crippen LogP contribution >= 0.6 is 0 Å². The molecule has 5 nitrogen and oxygen atoms in total. The summed E-state index contributed by atoms with van der Waals surface area (Å²) in [5.74, 6) is 0.369. The summed E-state index contributed by atoms with van der Waals surface area (Å²) < 4.78 is 1.60. The van der Waals surface area contributed by atoms with E-state index in [-0.39, 0.29) is 5.56 Å². The highest BCUT2D eigenvalue weighted by Crippen LogP contribution is 2.15. The van der Waals surface area contributed by atoms with Gasteiger partial charge in [-0.15, -0.1) is 0 Å². The van der Waals surface area contributed by atoms with Crippen molar-refractivity contribution < 1.29 is 0 Å². The summed E-state index contributed by atoms with van der Waals surface area (Å²) in [4.78, 5) is 17.0. The van der Waals surface area contributed by atoms with Crippen molar-refractivity contribution in [2.75, 3.05) is 0 Å². The topological polar surface area (TPSA) is 63.6 Å². The normalized spacial score (nSPS) is 11.0. The molecule has 3 rings (SSSR count). The summed E-state index contributed by atoms with van der Waals surface area (Å²) in [6.07, 6.45) is 6.83. The lowest BCUT2D eigenvalue weighted by Crippen LogP contribution is -2.19. The lowest BCUT2D eigenvalue weighted by molar-refractivity contribution is 0.818. The van der Waals surface area contributed by atoms with E-state index < -0.39 is 0 Å². The lowest BCUT2D eigenvalue weighted by atomic mass is 10.1. The Balaban J connectivity index is 2.07. The number of aromatic nitrogens is 4. The van der Waals surface area contributed by atoms with Crippen LogP contribution in [0.25, 0.3) is 16.8 Å². The Morgan fingerprint density at radius 2 is 2.05 bits per heavy atom. The number of hydrogen-bond acceptors (Lipinski definition) is 3. The number of pyridine rings is 2. The van der Waals surface area contributed by atoms with Crippen molar-refractivity contribution in [1.82, 2.24) is 19.7 Å². The summed E-state index contributed by atoms with van der Waals surface area (Å²) in [6, 6.07) is 7.51. The van der Waals surface area contributed by atoms with Crippen molar-refractivity contribution in [3.05, 3.63) is 65.1 Å². The first-order chi connectivity index (χ1) is 10.2. The smallest absolute Gasteiger partial charge is 0.263 e. The van der Waals surface area contributed by atoms with E-state index in [1.54, 1.807) is 35.4 Å². The Morgan fingerprint density at radius 3 is 2.67 bits per heavy atom. The van der Waals surface area contributed by atoms with E-state index >= 15 is 0 Å². The van der Waals surface area contributed by atoms with E-state index in [9.17, 15) is 4.79 Å². The first kappa shape index (κ1) is 13.3. The maximum Gasteiger partial charge on any atom is 0.263 e. The number of nitrogens with zero attached hydrogens (tertiary/aromatic N) is 3. The van der Waals surface area contributed by atoms with Crippen LogP contribution in [0.4, 0.5) is 0 Å². The molecule has 0 aromatic carbocycles. The van der Waals surface area contributed by atoms with Crippen LogP contribution in [-0.4, -0.2) is 19.7 Å². The third-order valence-electron chi connectivity index (χ3n) is 3.40. The fraction of sp³-hybridized carbons (Fsp3) is 0.188. The van der Waals surface area contributed by atoms with E-state index in [0.29, 0.717) is 11.5 Å². The second-order valence-corrected chi connectivity index (χ2v) is 5.18. The molecule has 0 aliphatic heterocycles. The number of H-pyrrole nitrogens is 1. The SMILES string of the molecule is CC(C)c1ccc(-n2cccc(-c3cn[nH]c3)c2=O)cn1. The van der Waals surface area contributed by atoms with Crippen LogP contribution in [0, 0.1) is 0 Å². The van der Waals surface area contributed by atoms with Gasteiger partial charge in [0.15, 0.2) is 0 Å². The molecule has 0 atom stereocenters. The van der Waals surface area contributed by atoms with Gasteiger partial charge in [0.05, 0.1) is 23.6 Å². The van der Waals surface area contributed by atoms with Crippen LogP contribution in [0.3, 0.4) is 0 Å². The third kappa shape index (κ3) is 2.50. The first-order valence-electron chi connectivity index (χ1n) is 6.84. The van der Waals surface area contributed by atoms with Crippen LogP contribution in [0.15, 0.2) is 53.8 Å². The molecule has 5 heteroatoms. The molecule has 3 aromatic heterocycles. The van der Waals surface area contributed by atoms with E-state index in [1.807, 2.05) is 18.2 Å². The quantitative estimate of drug-likeness (QED) is 0.802. The van der Waals surface area contributed by atoms with Crippen molar-refractivity contribution in [1.29, 1.82) is 0 Å². The molecule has 0 unspecified atom stereocenters. The van der Waals surface area contributed by atoms with Gasteiger partial charge >= 0.3 is 0 Å². The molecule has 3 heterocycles. The van der Waals surface area contributed by atoms with Gasteiger partial charge in [0, 0.05) is 23.7 Å².